The second-order valence-electron chi connectivity index (χ2n) is 5.73. The van der Waals surface area contributed by atoms with Gasteiger partial charge in [0.05, 0.1) is 6.61 Å². The highest BCUT2D eigenvalue weighted by Crippen LogP contribution is 2.38. The molecule has 2 rings (SSSR count). The van der Waals surface area contributed by atoms with Crippen molar-refractivity contribution in [2.75, 3.05) is 32.8 Å². The van der Waals surface area contributed by atoms with E-state index in [0.717, 1.165) is 36.4 Å². The van der Waals surface area contributed by atoms with Crippen LogP contribution in [-0.4, -0.2) is 37.7 Å². The Hall–Kier alpha value is -0.000000000000000222. The van der Waals surface area contributed by atoms with Crippen LogP contribution in [0.5, 0.6) is 5.75 Å². The minimum Gasteiger partial charge on any atom is -0.494 e. The monoisotopic (exact) mass is 426 g/mol. The Bertz CT molecular complexity index is 456. The van der Waals surface area contributed by atoms with Crippen LogP contribution in [0.4, 0.5) is 0 Å². The normalized spacial score (nSPS) is 17.6. The zero-order valence-electron chi connectivity index (χ0n) is 14.2. The van der Waals surface area contributed by atoms with Gasteiger partial charge in [-0.15, -0.1) is 24.8 Å². The van der Waals surface area contributed by atoms with Gasteiger partial charge >= 0.3 is 0 Å². The molecule has 0 spiro atoms. The molecule has 0 aromatic heterocycles. The summed E-state index contributed by atoms with van der Waals surface area (Å²) in [5.74, 6) is 1.64. The van der Waals surface area contributed by atoms with E-state index in [4.69, 9.17) is 4.74 Å². The number of rotatable bonds is 6. The molecule has 6 heteroatoms. The lowest BCUT2D eigenvalue weighted by molar-refractivity contribution is 0.125. The lowest BCUT2D eigenvalue weighted by atomic mass is 9.90. The van der Waals surface area contributed by atoms with Gasteiger partial charge in [-0.05, 0) is 31.0 Å². The van der Waals surface area contributed by atoms with Crippen molar-refractivity contribution in [3.63, 3.8) is 0 Å². The van der Waals surface area contributed by atoms with Gasteiger partial charge in [0.1, 0.15) is 5.75 Å². The standard InChI is InChI=1S/C17H27BrN2O.2ClH/c1-4-13(3)17(20-10-8-19-9-11-20)15-12-14(18)6-7-16(15)21-5-2;;/h6-7,12-13,17,19H,4-5,8-11H2,1-3H3;2*1H/t13?,17-;;/m1../s1. The number of nitrogens with one attached hydrogen (secondary N) is 1. The number of nitrogens with zero attached hydrogens (tertiary/aromatic N) is 1. The number of hydrogen-bond acceptors (Lipinski definition) is 3. The number of benzene rings is 1. The quantitative estimate of drug-likeness (QED) is 0.712. The molecule has 0 amide bonds. The van der Waals surface area contributed by atoms with Gasteiger partial charge in [0.25, 0.3) is 0 Å². The Kier molecular flexibility index (Phi) is 11.5. The Morgan fingerprint density at radius 2 is 1.87 bits per heavy atom. The highest BCUT2D eigenvalue weighted by atomic mass is 79.9. The second-order valence-corrected chi connectivity index (χ2v) is 6.65. The topological polar surface area (TPSA) is 24.5 Å². The Morgan fingerprint density at radius 1 is 1.22 bits per heavy atom. The van der Waals surface area contributed by atoms with E-state index < -0.39 is 0 Å². The summed E-state index contributed by atoms with van der Waals surface area (Å²) in [7, 11) is 0. The minimum absolute atomic E-state index is 0. The van der Waals surface area contributed by atoms with E-state index in [1.54, 1.807) is 0 Å². The first-order valence-corrected chi connectivity index (χ1v) is 8.83. The molecule has 1 aromatic carbocycles. The molecule has 1 fully saturated rings. The smallest absolute Gasteiger partial charge is 0.124 e. The molecule has 1 aliphatic heterocycles. The summed E-state index contributed by atoms with van der Waals surface area (Å²) in [6.07, 6.45) is 1.17. The average Bonchev–Trinajstić information content (AvgIpc) is 2.51. The molecule has 1 saturated heterocycles. The van der Waals surface area contributed by atoms with Gasteiger partial charge in [-0.2, -0.15) is 0 Å². The SMILES string of the molecule is CCOc1ccc(Br)cc1[C@@H](C(C)CC)N1CCNCC1.Cl.Cl. The number of ether oxygens (including phenoxy) is 1. The Balaban J connectivity index is 0.00000242. The summed E-state index contributed by atoms with van der Waals surface area (Å²) in [4.78, 5) is 2.61. The predicted octanol–water partition coefficient (Wildman–Crippen LogP) is 4.68. The summed E-state index contributed by atoms with van der Waals surface area (Å²) in [6, 6.07) is 6.83. The molecule has 1 N–H and O–H groups in total. The van der Waals surface area contributed by atoms with E-state index in [1.807, 2.05) is 0 Å². The summed E-state index contributed by atoms with van der Waals surface area (Å²) in [5.41, 5.74) is 1.32. The fourth-order valence-electron chi connectivity index (χ4n) is 3.08. The Morgan fingerprint density at radius 3 is 2.43 bits per heavy atom. The third-order valence-corrected chi connectivity index (χ3v) is 4.81. The predicted molar refractivity (Wildman–Crippen MR) is 106 cm³/mol. The maximum atomic E-state index is 5.90. The first kappa shape index (κ1) is 23.0. The summed E-state index contributed by atoms with van der Waals surface area (Å²) in [5, 5.41) is 3.45. The van der Waals surface area contributed by atoms with Gasteiger partial charge < -0.3 is 10.1 Å². The van der Waals surface area contributed by atoms with Crippen molar-refractivity contribution in [3.8, 4) is 5.75 Å². The first-order valence-electron chi connectivity index (χ1n) is 8.04. The molecule has 0 aliphatic carbocycles. The molecule has 1 aliphatic rings. The van der Waals surface area contributed by atoms with Crippen molar-refractivity contribution in [1.82, 2.24) is 10.2 Å². The number of halogens is 3. The van der Waals surface area contributed by atoms with Crippen molar-refractivity contribution >= 4 is 40.7 Å². The van der Waals surface area contributed by atoms with Gasteiger partial charge in [-0.1, -0.05) is 36.2 Å². The van der Waals surface area contributed by atoms with E-state index >= 15 is 0 Å². The molecule has 3 nitrogen and oxygen atoms in total. The van der Waals surface area contributed by atoms with Crippen LogP contribution in [0.2, 0.25) is 0 Å². The molecule has 1 aromatic rings. The second kappa shape index (κ2) is 11.5. The van der Waals surface area contributed by atoms with Crippen LogP contribution in [0.15, 0.2) is 22.7 Å². The minimum atomic E-state index is 0. The molecule has 0 bridgehead atoms. The van der Waals surface area contributed by atoms with Crippen LogP contribution < -0.4 is 10.1 Å². The molecule has 1 heterocycles. The van der Waals surface area contributed by atoms with E-state index in [-0.39, 0.29) is 24.8 Å². The van der Waals surface area contributed by atoms with Crippen LogP contribution in [0.1, 0.15) is 38.8 Å². The summed E-state index contributed by atoms with van der Waals surface area (Å²) in [6.45, 7) is 11.7. The third-order valence-electron chi connectivity index (χ3n) is 4.32. The zero-order valence-corrected chi connectivity index (χ0v) is 17.4. The molecule has 0 radical (unpaired) electrons. The van der Waals surface area contributed by atoms with Gasteiger partial charge in [0.15, 0.2) is 0 Å². The zero-order chi connectivity index (χ0) is 15.2. The Labute approximate surface area is 161 Å². The fourth-order valence-corrected chi connectivity index (χ4v) is 3.46. The largest absolute Gasteiger partial charge is 0.494 e. The van der Waals surface area contributed by atoms with Gasteiger partial charge in [-0.3, -0.25) is 4.90 Å². The average molecular weight is 428 g/mol. The van der Waals surface area contributed by atoms with Crippen LogP contribution in [-0.2, 0) is 0 Å². The van der Waals surface area contributed by atoms with Gasteiger partial charge in [0, 0.05) is 42.3 Å². The number of piperazine rings is 1. The highest BCUT2D eigenvalue weighted by Gasteiger charge is 2.29. The van der Waals surface area contributed by atoms with Crippen LogP contribution >= 0.6 is 40.7 Å². The molecule has 1 unspecified atom stereocenters. The van der Waals surface area contributed by atoms with E-state index in [9.17, 15) is 0 Å². The van der Waals surface area contributed by atoms with Crippen molar-refractivity contribution in [2.24, 2.45) is 5.92 Å². The molecular weight excluding hydrogens is 399 g/mol. The van der Waals surface area contributed by atoms with Crippen molar-refractivity contribution in [3.05, 3.63) is 28.2 Å². The molecular formula is C17H29BrCl2N2O. The van der Waals surface area contributed by atoms with Crippen molar-refractivity contribution in [1.29, 1.82) is 0 Å². The van der Waals surface area contributed by atoms with Crippen LogP contribution in [0.25, 0.3) is 0 Å². The fraction of sp³-hybridized carbons (Fsp3) is 0.647. The van der Waals surface area contributed by atoms with Gasteiger partial charge in [-0.25, -0.2) is 0 Å². The van der Waals surface area contributed by atoms with Crippen LogP contribution in [0.3, 0.4) is 0 Å². The van der Waals surface area contributed by atoms with Crippen molar-refractivity contribution in [2.45, 2.75) is 33.2 Å². The summed E-state index contributed by atoms with van der Waals surface area (Å²) >= 11 is 3.62. The molecule has 0 saturated carbocycles. The van der Waals surface area contributed by atoms with E-state index in [2.05, 4.69) is 65.1 Å². The first-order chi connectivity index (χ1) is 10.2. The lowest BCUT2D eigenvalue weighted by Gasteiger charge is -2.39. The van der Waals surface area contributed by atoms with E-state index in [1.165, 1.54) is 12.0 Å². The molecule has 134 valence electrons. The van der Waals surface area contributed by atoms with E-state index in [0.29, 0.717) is 18.6 Å². The van der Waals surface area contributed by atoms with Crippen LogP contribution in [0, 0.1) is 5.92 Å². The summed E-state index contributed by atoms with van der Waals surface area (Å²) < 4.78 is 7.02. The number of hydrogen-bond donors (Lipinski definition) is 1. The highest BCUT2D eigenvalue weighted by molar-refractivity contribution is 9.10. The van der Waals surface area contributed by atoms with Crippen molar-refractivity contribution < 1.29 is 4.74 Å². The maximum Gasteiger partial charge on any atom is 0.124 e. The lowest BCUT2D eigenvalue weighted by Crippen LogP contribution is -2.46. The molecule has 2 atom stereocenters. The molecule has 23 heavy (non-hydrogen) atoms. The third kappa shape index (κ3) is 6.09. The van der Waals surface area contributed by atoms with Gasteiger partial charge in [0.2, 0.25) is 0 Å². The maximum absolute atomic E-state index is 5.90.